The third kappa shape index (κ3) is 8.81. The first-order chi connectivity index (χ1) is 17.3. The highest BCUT2D eigenvalue weighted by Crippen LogP contribution is 2.41. The quantitative estimate of drug-likeness (QED) is 0.364. The summed E-state index contributed by atoms with van der Waals surface area (Å²) < 4.78 is 0. The molecule has 0 aliphatic heterocycles. The van der Waals surface area contributed by atoms with Crippen LogP contribution in [-0.2, 0) is 11.2 Å². The Morgan fingerprint density at radius 3 is 2.05 bits per heavy atom. The first-order valence-corrected chi connectivity index (χ1v) is 14.1. The molecule has 1 atom stereocenters. The summed E-state index contributed by atoms with van der Waals surface area (Å²) in [4.78, 5) is 26.6. The Hall–Kier alpha value is -2.46. The molecule has 206 valence electrons. The van der Waals surface area contributed by atoms with Crippen LogP contribution < -0.4 is 4.90 Å². The Morgan fingerprint density at radius 2 is 1.65 bits per heavy atom. The molecule has 0 aromatic heterocycles. The molecule has 0 bridgehead atoms. The molecule has 1 aliphatic rings. The van der Waals surface area contributed by atoms with Gasteiger partial charge in [-0.3, -0.25) is 9.59 Å². The summed E-state index contributed by atoms with van der Waals surface area (Å²) in [5.41, 5.74) is 5.38. The summed E-state index contributed by atoms with van der Waals surface area (Å²) in [5, 5.41) is 9.50. The Balaban J connectivity index is 0.000000519. The van der Waals surface area contributed by atoms with Gasteiger partial charge < -0.3 is 10.0 Å². The predicted octanol–water partition coefficient (Wildman–Crippen LogP) is 8.27. The van der Waals surface area contributed by atoms with E-state index in [-0.39, 0.29) is 17.6 Å². The Morgan fingerprint density at radius 1 is 1.05 bits per heavy atom. The van der Waals surface area contributed by atoms with Crippen molar-refractivity contribution in [3.8, 4) is 11.1 Å². The lowest BCUT2D eigenvalue weighted by atomic mass is 9.87. The maximum absolute atomic E-state index is 12.9. The van der Waals surface area contributed by atoms with Gasteiger partial charge in [-0.2, -0.15) is 0 Å². The number of Topliss-reactive ketones (excluding diaryl/α,β-unsaturated/α-hetero) is 1. The number of aliphatic hydroxyl groups is 1. The molecular weight excluding hydrogens is 458 g/mol. The maximum Gasteiger partial charge on any atom is 0.226 e. The zero-order valence-electron chi connectivity index (χ0n) is 25.2. The standard InChI is InChI=1S/C23H29NO2.C8H16O.C2H6/c1-7-17-10-9-11-19(22(17)23(26)15(3)4)18-12-13-20(16(5)14-18)24(6)21(25)8-2;1-6(7-4-5-7)8(2,3)9;1-2/h9-15H,7-8H2,1-6H3;6-7,9H,4-5H2,1-3H3;1-2H3. The van der Waals surface area contributed by atoms with Crippen LogP contribution in [0.1, 0.15) is 103 Å². The third-order valence-corrected chi connectivity index (χ3v) is 7.29. The van der Waals surface area contributed by atoms with Crippen LogP contribution in [0.15, 0.2) is 36.4 Å². The molecule has 4 heteroatoms. The Bertz CT molecular complexity index is 1030. The second-order valence-corrected chi connectivity index (χ2v) is 10.8. The van der Waals surface area contributed by atoms with Crippen molar-refractivity contribution >= 4 is 17.4 Å². The zero-order chi connectivity index (χ0) is 28.5. The van der Waals surface area contributed by atoms with Crippen LogP contribution in [0, 0.1) is 24.7 Å². The number of benzene rings is 2. The predicted molar refractivity (Wildman–Crippen MR) is 158 cm³/mol. The molecule has 0 spiro atoms. The molecule has 0 heterocycles. The third-order valence-electron chi connectivity index (χ3n) is 7.29. The van der Waals surface area contributed by atoms with Crippen molar-refractivity contribution in [2.24, 2.45) is 17.8 Å². The highest BCUT2D eigenvalue weighted by molar-refractivity contribution is 6.05. The van der Waals surface area contributed by atoms with Crippen LogP contribution in [0.25, 0.3) is 11.1 Å². The van der Waals surface area contributed by atoms with E-state index in [2.05, 4.69) is 19.9 Å². The SMILES string of the molecule is CC.CC(C1CC1)C(C)(C)O.CCC(=O)N(C)c1ccc(-c2cccc(CC)c2C(=O)C(C)C)cc1C. The van der Waals surface area contributed by atoms with E-state index in [0.29, 0.717) is 12.3 Å². The van der Waals surface area contributed by atoms with E-state index in [4.69, 9.17) is 0 Å². The van der Waals surface area contributed by atoms with E-state index in [9.17, 15) is 14.7 Å². The molecule has 1 unspecified atom stereocenters. The molecule has 37 heavy (non-hydrogen) atoms. The number of nitrogens with zero attached hydrogens (tertiary/aromatic N) is 1. The van der Waals surface area contributed by atoms with Gasteiger partial charge in [-0.25, -0.2) is 0 Å². The fourth-order valence-electron chi connectivity index (χ4n) is 4.46. The van der Waals surface area contributed by atoms with Gasteiger partial charge >= 0.3 is 0 Å². The van der Waals surface area contributed by atoms with E-state index in [1.807, 2.05) is 85.7 Å². The molecule has 1 N–H and O–H groups in total. The number of carbonyl (C=O) groups excluding carboxylic acids is 2. The topological polar surface area (TPSA) is 57.6 Å². The molecule has 2 aromatic rings. The van der Waals surface area contributed by atoms with Crippen molar-refractivity contribution in [1.29, 1.82) is 0 Å². The van der Waals surface area contributed by atoms with Crippen LogP contribution in [-0.4, -0.2) is 29.4 Å². The second kappa shape index (κ2) is 14.5. The number of carbonyl (C=O) groups is 2. The Kier molecular flexibility index (Phi) is 12.7. The largest absolute Gasteiger partial charge is 0.390 e. The summed E-state index contributed by atoms with van der Waals surface area (Å²) in [7, 11) is 1.80. The van der Waals surface area contributed by atoms with Crippen LogP contribution in [0.3, 0.4) is 0 Å². The summed E-state index contributed by atoms with van der Waals surface area (Å²) >= 11 is 0. The van der Waals surface area contributed by atoms with Crippen LogP contribution >= 0.6 is 0 Å². The van der Waals surface area contributed by atoms with E-state index in [1.165, 1.54) is 12.8 Å². The summed E-state index contributed by atoms with van der Waals surface area (Å²) in [6.45, 7) is 19.8. The first kappa shape index (κ1) is 32.6. The molecule has 0 radical (unpaired) electrons. The lowest BCUT2D eigenvalue weighted by Gasteiger charge is -2.25. The zero-order valence-corrected chi connectivity index (χ0v) is 25.2. The number of amides is 1. The van der Waals surface area contributed by atoms with Crippen LogP contribution in [0.2, 0.25) is 0 Å². The van der Waals surface area contributed by atoms with Crippen molar-refractivity contribution in [2.45, 2.75) is 101 Å². The number of rotatable bonds is 8. The van der Waals surface area contributed by atoms with E-state index in [1.54, 1.807) is 11.9 Å². The van der Waals surface area contributed by atoms with Gasteiger partial charge in [-0.05, 0) is 86.3 Å². The van der Waals surface area contributed by atoms with Crippen molar-refractivity contribution in [3.63, 3.8) is 0 Å². The molecule has 1 saturated carbocycles. The van der Waals surface area contributed by atoms with Crippen molar-refractivity contribution < 1.29 is 14.7 Å². The average Bonchev–Trinajstić information content (AvgIpc) is 3.72. The number of aryl methyl sites for hydroxylation is 2. The minimum Gasteiger partial charge on any atom is -0.390 e. The minimum atomic E-state index is -0.457. The first-order valence-electron chi connectivity index (χ1n) is 14.1. The monoisotopic (exact) mass is 509 g/mol. The van der Waals surface area contributed by atoms with Crippen LogP contribution in [0.4, 0.5) is 5.69 Å². The van der Waals surface area contributed by atoms with Gasteiger partial charge in [0.2, 0.25) is 5.91 Å². The molecule has 4 nitrogen and oxygen atoms in total. The van der Waals surface area contributed by atoms with Crippen molar-refractivity contribution in [1.82, 2.24) is 0 Å². The Labute approximate surface area is 226 Å². The number of anilines is 1. The smallest absolute Gasteiger partial charge is 0.226 e. The average molecular weight is 510 g/mol. The van der Waals surface area contributed by atoms with Gasteiger partial charge in [0, 0.05) is 30.6 Å². The van der Waals surface area contributed by atoms with Crippen LogP contribution in [0.5, 0.6) is 0 Å². The summed E-state index contributed by atoms with van der Waals surface area (Å²) in [6.07, 6.45) is 3.95. The summed E-state index contributed by atoms with van der Waals surface area (Å²) in [5.74, 6) is 1.51. The highest BCUT2D eigenvalue weighted by atomic mass is 16.3. The molecule has 1 aliphatic carbocycles. The second-order valence-electron chi connectivity index (χ2n) is 10.8. The van der Waals surface area contributed by atoms with E-state index in [0.717, 1.165) is 45.8 Å². The summed E-state index contributed by atoms with van der Waals surface area (Å²) in [6, 6.07) is 12.1. The number of hydrogen-bond donors (Lipinski definition) is 1. The molecule has 1 amide bonds. The molecule has 1 fully saturated rings. The van der Waals surface area contributed by atoms with E-state index < -0.39 is 5.60 Å². The molecule has 2 aromatic carbocycles. The highest BCUT2D eigenvalue weighted by Gasteiger charge is 2.36. The normalized spacial score (nSPS) is 13.6. The van der Waals surface area contributed by atoms with Gasteiger partial charge in [0.25, 0.3) is 0 Å². The van der Waals surface area contributed by atoms with Gasteiger partial charge in [-0.15, -0.1) is 0 Å². The van der Waals surface area contributed by atoms with Gasteiger partial charge in [0.1, 0.15) is 0 Å². The van der Waals surface area contributed by atoms with Gasteiger partial charge in [-0.1, -0.05) is 72.7 Å². The maximum atomic E-state index is 12.9. The fourth-order valence-corrected chi connectivity index (χ4v) is 4.46. The number of ketones is 1. The van der Waals surface area contributed by atoms with Gasteiger partial charge in [0.15, 0.2) is 5.78 Å². The van der Waals surface area contributed by atoms with Crippen molar-refractivity contribution in [3.05, 3.63) is 53.1 Å². The van der Waals surface area contributed by atoms with E-state index >= 15 is 0 Å². The molecule has 0 saturated heterocycles. The van der Waals surface area contributed by atoms with Crippen molar-refractivity contribution in [2.75, 3.05) is 11.9 Å². The lowest BCUT2D eigenvalue weighted by molar-refractivity contribution is -0.118. The molecule has 3 rings (SSSR count). The fraction of sp³-hybridized carbons (Fsp3) is 0.576. The molecular formula is C33H51NO3. The minimum absolute atomic E-state index is 0.0462. The number of hydrogen-bond acceptors (Lipinski definition) is 3. The van der Waals surface area contributed by atoms with Gasteiger partial charge in [0.05, 0.1) is 5.60 Å². The lowest BCUT2D eigenvalue weighted by Crippen LogP contribution is -2.29.